The van der Waals surface area contributed by atoms with Gasteiger partial charge in [0.25, 0.3) is 0 Å². The Hall–Kier alpha value is -1.92. The van der Waals surface area contributed by atoms with Gasteiger partial charge in [-0.25, -0.2) is 0 Å². The average molecular weight is 473 g/mol. The van der Waals surface area contributed by atoms with Gasteiger partial charge in [-0.3, -0.25) is 0 Å². The first-order valence-corrected chi connectivity index (χ1v) is 12.8. The van der Waals surface area contributed by atoms with Gasteiger partial charge < -0.3 is 24.8 Å². The summed E-state index contributed by atoms with van der Waals surface area (Å²) in [5.74, 6) is 0.781. The molecule has 0 radical (unpaired) electrons. The van der Waals surface area contributed by atoms with Crippen LogP contribution in [0.5, 0.6) is 5.75 Å². The monoisotopic (exact) mass is 472 g/mol. The molecule has 1 heterocycles. The summed E-state index contributed by atoms with van der Waals surface area (Å²) < 4.78 is 12.2. The first-order valence-electron chi connectivity index (χ1n) is 12.8. The summed E-state index contributed by atoms with van der Waals surface area (Å²) in [6.07, 6.45) is 3.39. The molecule has 1 aliphatic rings. The third kappa shape index (κ3) is 7.54. The fourth-order valence-electron chi connectivity index (χ4n) is 4.53. The summed E-state index contributed by atoms with van der Waals surface area (Å²) in [6.45, 7) is 10.2. The predicted octanol–water partition coefficient (Wildman–Crippen LogP) is 5.51. The fraction of sp³-hybridized carbons (Fsp3) is 0.586. The molecule has 3 N–H and O–H groups in total. The number of aliphatic hydroxyl groups is 3. The van der Waals surface area contributed by atoms with E-state index in [1.165, 1.54) is 16.7 Å². The zero-order chi connectivity index (χ0) is 25.1. The van der Waals surface area contributed by atoms with Crippen molar-refractivity contribution >= 4 is 0 Å². The quantitative estimate of drug-likeness (QED) is 0.425. The van der Waals surface area contributed by atoms with E-state index in [2.05, 4.69) is 44.2 Å². The highest BCUT2D eigenvalue weighted by atomic mass is 16.5. The molecule has 0 aliphatic carbocycles. The number of aliphatic hydroxyl groups excluding tert-OH is 3. The van der Waals surface area contributed by atoms with Crippen molar-refractivity contribution in [3.8, 4) is 5.75 Å². The van der Waals surface area contributed by atoms with Crippen LogP contribution < -0.4 is 4.74 Å². The molecule has 0 aromatic heterocycles. The number of ether oxygens (including phenoxy) is 2. The first kappa shape index (κ1) is 28.3. The molecule has 2 aromatic rings. The Morgan fingerprint density at radius 3 is 2.32 bits per heavy atom. The molecule has 5 nitrogen and oxygen atoms in total. The summed E-state index contributed by atoms with van der Waals surface area (Å²) in [6, 6.07) is 14.4. The van der Waals surface area contributed by atoms with Gasteiger partial charge in [0.2, 0.25) is 0 Å². The van der Waals surface area contributed by atoms with E-state index < -0.39 is 11.7 Å². The minimum atomic E-state index is -0.516. The van der Waals surface area contributed by atoms with E-state index in [4.69, 9.17) is 9.47 Å². The molecule has 1 aliphatic heterocycles. The second-order valence-corrected chi connectivity index (χ2v) is 9.11. The van der Waals surface area contributed by atoms with Crippen LogP contribution in [0.25, 0.3) is 0 Å². The zero-order valence-electron chi connectivity index (χ0n) is 21.6. The van der Waals surface area contributed by atoms with Crippen LogP contribution in [0.2, 0.25) is 0 Å². The van der Waals surface area contributed by atoms with Gasteiger partial charge in [-0.1, -0.05) is 64.4 Å². The van der Waals surface area contributed by atoms with Crippen LogP contribution >= 0.6 is 0 Å². The van der Waals surface area contributed by atoms with Crippen LogP contribution in [0.1, 0.15) is 88.2 Å². The van der Waals surface area contributed by atoms with E-state index >= 15 is 0 Å². The molecule has 0 amide bonds. The van der Waals surface area contributed by atoms with Crippen LogP contribution in [0.3, 0.4) is 0 Å². The van der Waals surface area contributed by atoms with E-state index in [0.717, 1.165) is 37.0 Å². The van der Waals surface area contributed by atoms with Gasteiger partial charge in [-0.2, -0.15) is 0 Å². The van der Waals surface area contributed by atoms with Crippen molar-refractivity contribution in [1.29, 1.82) is 0 Å². The van der Waals surface area contributed by atoms with E-state index in [-0.39, 0.29) is 25.4 Å². The normalized spacial score (nSPS) is 21.8. The molecule has 3 rings (SSSR count). The van der Waals surface area contributed by atoms with Crippen molar-refractivity contribution in [2.75, 3.05) is 13.2 Å². The highest BCUT2D eigenvalue weighted by Crippen LogP contribution is 2.33. The minimum Gasteiger partial charge on any atom is -0.485 e. The SMILES string of the molecule is CC.CCCC(CC)(CO)Oc1ccc(Cc2cc([C@H]3C[C@@H](O)C[C@@H](CO)O3)ccc2C)cc1. The largest absolute Gasteiger partial charge is 0.485 e. The van der Waals surface area contributed by atoms with E-state index in [1.54, 1.807) is 0 Å². The smallest absolute Gasteiger partial charge is 0.132 e. The topological polar surface area (TPSA) is 79.2 Å². The highest BCUT2D eigenvalue weighted by Gasteiger charge is 2.30. The van der Waals surface area contributed by atoms with Gasteiger partial charge in [0.15, 0.2) is 0 Å². The van der Waals surface area contributed by atoms with Crippen LogP contribution in [0, 0.1) is 6.92 Å². The summed E-state index contributed by atoms with van der Waals surface area (Å²) in [5, 5.41) is 29.5. The van der Waals surface area contributed by atoms with Gasteiger partial charge in [0, 0.05) is 12.8 Å². The van der Waals surface area contributed by atoms with Crippen molar-refractivity contribution in [1.82, 2.24) is 0 Å². The summed E-state index contributed by atoms with van der Waals surface area (Å²) in [4.78, 5) is 0. The molecule has 4 atom stereocenters. The van der Waals surface area contributed by atoms with Crippen LogP contribution in [-0.4, -0.2) is 46.3 Å². The lowest BCUT2D eigenvalue weighted by atomic mass is 9.92. The molecule has 0 saturated carbocycles. The Kier molecular flexibility index (Phi) is 11.5. The van der Waals surface area contributed by atoms with Gasteiger partial charge in [0.1, 0.15) is 11.4 Å². The van der Waals surface area contributed by atoms with Crippen molar-refractivity contribution in [3.05, 3.63) is 64.7 Å². The molecule has 190 valence electrons. The van der Waals surface area contributed by atoms with Crippen LogP contribution in [-0.2, 0) is 11.2 Å². The van der Waals surface area contributed by atoms with Gasteiger partial charge in [0.05, 0.1) is 31.5 Å². The summed E-state index contributed by atoms with van der Waals surface area (Å²) in [7, 11) is 0. The first-order chi connectivity index (χ1) is 16.4. The van der Waals surface area contributed by atoms with E-state index in [9.17, 15) is 15.3 Å². The molecule has 5 heteroatoms. The molecule has 34 heavy (non-hydrogen) atoms. The second-order valence-electron chi connectivity index (χ2n) is 9.11. The lowest BCUT2D eigenvalue weighted by Crippen LogP contribution is -2.39. The van der Waals surface area contributed by atoms with Crippen molar-refractivity contribution in [2.45, 2.75) is 97.1 Å². The Balaban J connectivity index is 0.00000199. The molecule has 1 saturated heterocycles. The number of benzene rings is 2. The Morgan fingerprint density at radius 2 is 1.74 bits per heavy atom. The molecule has 1 unspecified atom stereocenters. The fourth-order valence-corrected chi connectivity index (χ4v) is 4.53. The Morgan fingerprint density at radius 1 is 1.03 bits per heavy atom. The third-order valence-electron chi connectivity index (χ3n) is 6.62. The maximum absolute atomic E-state index is 10.2. The Bertz CT molecular complexity index is 844. The lowest BCUT2D eigenvalue weighted by molar-refractivity contribution is -0.113. The predicted molar refractivity (Wildman–Crippen MR) is 137 cm³/mol. The number of hydrogen-bond acceptors (Lipinski definition) is 5. The molecular formula is C29H44O5. The summed E-state index contributed by atoms with van der Waals surface area (Å²) >= 11 is 0. The average Bonchev–Trinajstić information content (AvgIpc) is 2.87. The zero-order valence-corrected chi connectivity index (χ0v) is 21.6. The van der Waals surface area contributed by atoms with Crippen LogP contribution in [0.4, 0.5) is 0 Å². The molecular weight excluding hydrogens is 428 g/mol. The van der Waals surface area contributed by atoms with Gasteiger partial charge >= 0.3 is 0 Å². The third-order valence-corrected chi connectivity index (χ3v) is 6.62. The van der Waals surface area contributed by atoms with Crippen molar-refractivity contribution < 1.29 is 24.8 Å². The summed E-state index contributed by atoms with van der Waals surface area (Å²) in [5.41, 5.74) is 4.12. The maximum atomic E-state index is 10.2. The molecule has 0 bridgehead atoms. The van der Waals surface area contributed by atoms with Gasteiger partial charge in [-0.05, 0) is 60.6 Å². The van der Waals surface area contributed by atoms with E-state index in [1.807, 2.05) is 32.9 Å². The van der Waals surface area contributed by atoms with Gasteiger partial charge in [-0.15, -0.1) is 0 Å². The highest BCUT2D eigenvalue weighted by molar-refractivity contribution is 5.38. The number of aryl methyl sites for hydroxylation is 1. The van der Waals surface area contributed by atoms with Crippen LogP contribution in [0.15, 0.2) is 42.5 Å². The number of hydrogen-bond donors (Lipinski definition) is 3. The molecule has 2 aromatic carbocycles. The standard InChI is InChI=1S/C27H38O5.C2H6/c1-4-12-27(5-2,18-29)32-24-10-7-20(8-11-24)13-22-14-21(9-6-19(22)3)26-16-23(30)15-25(17-28)31-26;1-2/h6-11,14,23,25-26,28-30H,4-5,12-13,15-18H2,1-3H3;1-2H3/t23-,25-,26+,27?;/m0./s1. The number of rotatable bonds is 10. The second kappa shape index (κ2) is 13.8. The Labute approximate surface area is 205 Å². The van der Waals surface area contributed by atoms with Crippen molar-refractivity contribution in [2.24, 2.45) is 0 Å². The van der Waals surface area contributed by atoms with E-state index in [0.29, 0.717) is 12.8 Å². The molecule has 1 fully saturated rings. The maximum Gasteiger partial charge on any atom is 0.132 e. The lowest BCUT2D eigenvalue weighted by Gasteiger charge is -2.33. The van der Waals surface area contributed by atoms with Crippen molar-refractivity contribution in [3.63, 3.8) is 0 Å². The molecule has 0 spiro atoms. The minimum absolute atomic E-state index is 0.0140.